The van der Waals surface area contributed by atoms with Crippen molar-refractivity contribution in [3.63, 3.8) is 0 Å². The first-order valence-electron chi connectivity index (χ1n) is 6.49. The smallest absolute Gasteiger partial charge is 0.410 e. The highest BCUT2D eigenvalue weighted by Gasteiger charge is 2.27. The van der Waals surface area contributed by atoms with Crippen molar-refractivity contribution in [2.45, 2.75) is 52.7 Å². The van der Waals surface area contributed by atoms with Gasteiger partial charge in [0.15, 0.2) is 0 Å². The van der Waals surface area contributed by atoms with Gasteiger partial charge in [0.05, 0.1) is 0 Å². The quantitative estimate of drug-likeness (QED) is 0.844. The number of hydrogen-bond donors (Lipinski definition) is 1. The van der Waals surface area contributed by atoms with Crippen LogP contribution >= 0.6 is 12.4 Å². The van der Waals surface area contributed by atoms with Crippen molar-refractivity contribution in [1.29, 1.82) is 0 Å². The fraction of sp³-hybridized carbons (Fsp3) is 0.923. The first-order valence-corrected chi connectivity index (χ1v) is 6.49. The zero-order valence-corrected chi connectivity index (χ0v) is 13.0. The minimum Gasteiger partial charge on any atom is -0.444 e. The van der Waals surface area contributed by atoms with E-state index in [0.29, 0.717) is 12.0 Å². The normalized spacial score (nSPS) is 20.6. The van der Waals surface area contributed by atoms with Gasteiger partial charge in [0.2, 0.25) is 0 Å². The summed E-state index contributed by atoms with van der Waals surface area (Å²) in [7, 11) is 0. The summed E-state index contributed by atoms with van der Waals surface area (Å²) in [4.78, 5) is 13.7. The topological polar surface area (TPSA) is 41.6 Å². The van der Waals surface area contributed by atoms with Crippen LogP contribution in [0.3, 0.4) is 0 Å². The molecule has 0 radical (unpaired) electrons. The van der Waals surface area contributed by atoms with Crippen LogP contribution in [0.15, 0.2) is 0 Å². The maximum atomic E-state index is 11.9. The summed E-state index contributed by atoms with van der Waals surface area (Å²) in [5.41, 5.74) is -0.407. The minimum absolute atomic E-state index is 0. The van der Waals surface area contributed by atoms with Crippen molar-refractivity contribution >= 4 is 18.5 Å². The number of piperazine rings is 1. The Labute approximate surface area is 117 Å². The highest BCUT2D eigenvalue weighted by molar-refractivity contribution is 5.85. The third-order valence-electron chi connectivity index (χ3n) is 2.66. The van der Waals surface area contributed by atoms with Gasteiger partial charge >= 0.3 is 6.09 Å². The molecule has 1 amide bonds. The third-order valence-corrected chi connectivity index (χ3v) is 2.66. The first kappa shape index (κ1) is 17.5. The summed E-state index contributed by atoms with van der Waals surface area (Å²) in [6.07, 6.45) is 0.909. The van der Waals surface area contributed by atoms with E-state index in [9.17, 15) is 4.79 Å². The summed E-state index contributed by atoms with van der Waals surface area (Å²) >= 11 is 0. The highest BCUT2D eigenvalue weighted by atomic mass is 35.5. The lowest BCUT2D eigenvalue weighted by Gasteiger charge is -2.35. The summed E-state index contributed by atoms with van der Waals surface area (Å²) < 4.78 is 5.39. The molecule has 108 valence electrons. The van der Waals surface area contributed by atoms with Crippen LogP contribution in [0.5, 0.6) is 0 Å². The first-order chi connectivity index (χ1) is 7.78. The number of hydrogen-bond acceptors (Lipinski definition) is 3. The molecule has 18 heavy (non-hydrogen) atoms. The molecule has 0 bridgehead atoms. The number of carbonyl (C=O) groups excluding carboxylic acids is 1. The average Bonchev–Trinajstić information content (AvgIpc) is 2.14. The number of carbonyl (C=O) groups is 1. The molecule has 1 unspecified atom stereocenters. The van der Waals surface area contributed by atoms with Crippen molar-refractivity contribution < 1.29 is 9.53 Å². The van der Waals surface area contributed by atoms with Crippen LogP contribution in [0.2, 0.25) is 0 Å². The van der Waals surface area contributed by atoms with Gasteiger partial charge in [-0.15, -0.1) is 12.4 Å². The summed E-state index contributed by atoms with van der Waals surface area (Å²) in [5, 5.41) is 3.45. The van der Waals surface area contributed by atoms with E-state index in [1.54, 1.807) is 0 Å². The Hall–Kier alpha value is -0.480. The molecule has 1 heterocycles. The number of nitrogens with one attached hydrogen (secondary N) is 1. The molecule has 1 N–H and O–H groups in total. The Bertz CT molecular complexity index is 264. The van der Waals surface area contributed by atoms with Gasteiger partial charge in [-0.05, 0) is 33.1 Å². The van der Waals surface area contributed by atoms with Crippen LogP contribution in [0.25, 0.3) is 0 Å². The molecular formula is C13H27ClN2O2. The van der Waals surface area contributed by atoms with Gasteiger partial charge in [-0.1, -0.05) is 13.8 Å². The Morgan fingerprint density at radius 3 is 2.56 bits per heavy atom. The summed E-state index contributed by atoms with van der Waals surface area (Å²) in [6.45, 7) is 12.5. The Morgan fingerprint density at radius 1 is 1.44 bits per heavy atom. The monoisotopic (exact) mass is 278 g/mol. The van der Waals surface area contributed by atoms with Crippen LogP contribution < -0.4 is 5.32 Å². The van der Waals surface area contributed by atoms with Gasteiger partial charge in [-0.2, -0.15) is 0 Å². The number of nitrogens with zero attached hydrogens (tertiary/aromatic N) is 1. The van der Waals surface area contributed by atoms with E-state index in [2.05, 4.69) is 19.2 Å². The van der Waals surface area contributed by atoms with Gasteiger partial charge < -0.3 is 15.0 Å². The van der Waals surface area contributed by atoms with Gasteiger partial charge in [0.25, 0.3) is 0 Å². The average molecular weight is 279 g/mol. The summed E-state index contributed by atoms with van der Waals surface area (Å²) in [5.74, 6) is 0.645. The lowest BCUT2D eigenvalue weighted by Crippen LogP contribution is -2.53. The second kappa shape index (κ2) is 7.19. The molecule has 1 aliphatic rings. The number of halogens is 1. The van der Waals surface area contributed by atoms with E-state index in [1.165, 1.54) is 0 Å². The van der Waals surface area contributed by atoms with E-state index in [4.69, 9.17) is 4.74 Å². The fourth-order valence-electron chi connectivity index (χ4n) is 2.04. The van der Waals surface area contributed by atoms with Crippen LogP contribution in [0.1, 0.15) is 41.0 Å². The van der Waals surface area contributed by atoms with E-state index < -0.39 is 5.60 Å². The SMILES string of the molecule is CC(C)CC1CN(C(=O)OC(C)(C)C)CCN1.Cl. The van der Waals surface area contributed by atoms with Gasteiger partial charge in [0.1, 0.15) is 5.60 Å². The lowest BCUT2D eigenvalue weighted by atomic mass is 10.0. The number of amides is 1. The predicted molar refractivity (Wildman–Crippen MR) is 76.3 cm³/mol. The molecule has 1 rings (SSSR count). The van der Waals surface area contributed by atoms with E-state index >= 15 is 0 Å². The molecule has 0 spiro atoms. The Morgan fingerprint density at radius 2 is 2.06 bits per heavy atom. The van der Waals surface area contributed by atoms with Gasteiger partial charge in [-0.3, -0.25) is 0 Å². The molecule has 1 saturated heterocycles. The fourth-order valence-corrected chi connectivity index (χ4v) is 2.04. The molecule has 0 aromatic carbocycles. The molecule has 1 aliphatic heterocycles. The molecule has 5 heteroatoms. The lowest BCUT2D eigenvalue weighted by molar-refractivity contribution is 0.0188. The molecule has 1 atom stereocenters. The van der Waals surface area contributed by atoms with Crippen molar-refractivity contribution in [3.05, 3.63) is 0 Å². The maximum Gasteiger partial charge on any atom is 0.410 e. The van der Waals surface area contributed by atoms with Crippen LogP contribution in [-0.2, 0) is 4.74 Å². The van der Waals surface area contributed by atoms with Crippen LogP contribution in [-0.4, -0.2) is 42.3 Å². The summed E-state index contributed by atoms with van der Waals surface area (Å²) in [6, 6.07) is 0.399. The van der Waals surface area contributed by atoms with Gasteiger partial charge in [0, 0.05) is 25.7 Å². The van der Waals surface area contributed by atoms with Crippen LogP contribution in [0.4, 0.5) is 4.79 Å². The van der Waals surface area contributed by atoms with E-state index in [0.717, 1.165) is 26.1 Å². The highest BCUT2D eigenvalue weighted by Crippen LogP contribution is 2.14. The molecule has 0 saturated carbocycles. The van der Waals surface area contributed by atoms with Crippen molar-refractivity contribution in [1.82, 2.24) is 10.2 Å². The van der Waals surface area contributed by atoms with Crippen molar-refractivity contribution in [2.75, 3.05) is 19.6 Å². The molecule has 1 fully saturated rings. The molecule has 4 nitrogen and oxygen atoms in total. The molecule has 0 aliphatic carbocycles. The van der Waals surface area contributed by atoms with E-state index in [1.807, 2.05) is 25.7 Å². The van der Waals surface area contributed by atoms with Crippen molar-refractivity contribution in [3.8, 4) is 0 Å². The number of rotatable bonds is 2. The minimum atomic E-state index is -0.407. The van der Waals surface area contributed by atoms with Crippen LogP contribution in [0, 0.1) is 5.92 Å². The predicted octanol–water partition coefficient (Wildman–Crippen LogP) is 2.66. The van der Waals surface area contributed by atoms with Crippen molar-refractivity contribution in [2.24, 2.45) is 5.92 Å². The van der Waals surface area contributed by atoms with Gasteiger partial charge in [-0.25, -0.2) is 4.79 Å². The second-order valence-corrected chi connectivity index (χ2v) is 6.21. The molecule has 0 aromatic heterocycles. The largest absolute Gasteiger partial charge is 0.444 e. The molecule has 0 aromatic rings. The number of ether oxygens (including phenoxy) is 1. The maximum absolute atomic E-state index is 11.9. The third kappa shape index (κ3) is 6.45. The Balaban J connectivity index is 0.00000289. The standard InChI is InChI=1S/C13H26N2O2.ClH/c1-10(2)8-11-9-15(7-6-14-11)12(16)17-13(3,4)5;/h10-11,14H,6-9H2,1-5H3;1H. The second-order valence-electron chi connectivity index (χ2n) is 6.21. The Kier molecular flexibility index (Phi) is 7.00. The zero-order valence-electron chi connectivity index (χ0n) is 12.2. The van der Waals surface area contributed by atoms with E-state index in [-0.39, 0.29) is 18.5 Å². The molecular weight excluding hydrogens is 252 g/mol. The zero-order chi connectivity index (χ0) is 13.1.